The summed E-state index contributed by atoms with van der Waals surface area (Å²) in [7, 11) is 0. The van der Waals surface area contributed by atoms with E-state index >= 15 is 0 Å². The van der Waals surface area contributed by atoms with Gasteiger partial charge in [-0.25, -0.2) is 9.18 Å². The Balaban J connectivity index is 0.00000380. The van der Waals surface area contributed by atoms with Gasteiger partial charge in [-0.2, -0.15) is 0 Å². The van der Waals surface area contributed by atoms with Gasteiger partial charge < -0.3 is 9.30 Å². The zero-order valence-corrected chi connectivity index (χ0v) is 23.4. The molecule has 0 bridgehead atoms. The Morgan fingerprint density at radius 1 is 1.03 bits per heavy atom. The molecule has 7 heteroatoms. The second-order valence-corrected chi connectivity index (χ2v) is 10.4. The van der Waals surface area contributed by atoms with Crippen molar-refractivity contribution in [3.05, 3.63) is 94.2 Å². The van der Waals surface area contributed by atoms with Gasteiger partial charge in [0.25, 0.3) is 0 Å². The number of anilines is 1. The molecule has 0 radical (unpaired) electrons. The molecule has 0 unspecified atom stereocenters. The molecular formula is C30H35ClFN3O2. The third-order valence-corrected chi connectivity index (χ3v) is 6.51. The lowest BCUT2D eigenvalue weighted by atomic mass is 10.1. The number of hydrogen-bond acceptors (Lipinski definition) is 3. The molecule has 5 nitrogen and oxygen atoms in total. The minimum absolute atomic E-state index is 0. The van der Waals surface area contributed by atoms with Crippen molar-refractivity contribution in [3.63, 3.8) is 0 Å². The summed E-state index contributed by atoms with van der Waals surface area (Å²) in [5.74, 6) is -0.364. The lowest BCUT2D eigenvalue weighted by molar-refractivity contribution is 0.0577. The number of amides is 1. The number of hydrogen-bond donors (Lipinski definition) is 0. The van der Waals surface area contributed by atoms with Gasteiger partial charge in [-0.05, 0) is 95.5 Å². The van der Waals surface area contributed by atoms with Gasteiger partial charge in [0.1, 0.15) is 11.4 Å². The van der Waals surface area contributed by atoms with Crippen molar-refractivity contribution in [2.24, 2.45) is 0 Å². The second-order valence-electron chi connectivity index (χ2n) is 10.4. The van der Waals surface area contributed by atoms with Gasteiger partial charge in [0.2, 0.25) is 0 Å². The predicted molar refractivity (Wildman–Crippen MR) is 150 cm³/mol. The highest BCUT2D eigenvalue weighted by Gasteiger charge is 2.26. The largest absolute Gasteiger partial charge is 0.443 e. The van der Waals surface area contributed by atoms with Crippen LogP contribution in [0.3, 0.4) is 0 Å². The second kappa shape index (κ2) is 10.9. The highest BCUT2D eigenvalue weighted by atomic mass is 35.5. The maximum absolute atomic E-state index is 13.7. The van der Waals surface area contributed by atoms with Crippen molar-refractivity contribution in [1.82, 2.24) is 9.55 Å². The number of fused-ring (bicyclic) bond motifs is 1. The van der Waals surface area contributed by atoms with Gasteiger partial charge in [0.05, 0.1) is 17.8 Å². The van der Waals surface area contributed by atoms with Gasteiger partial charge in [0.15, 0.2) is 0 Å². The molecule has 4 aromatic rings. The van der Waals surface area contributed by atoms with Gasteiger partial charge in [0, 0.05) is 29.5 Å². The van der Waals surface area contributed by atoms with E-state index in [9.17, 15) is 9.18 Å². The fourth-order valence-electron chi connectivity index (χ4n) is 4.47. The minimum Gasteiger partial charge on any atom is -0.443 e. The summed E-state index contributed by atoms with van der Waals surface area (Å²) in [4.78, 5) is 19.5. The normalized spacial score (nSPS) is 11.4. The summed E-state index contributed by atoms with van der Waals surface area (Å²) < 4.78 is 21.7. The molecule has 2 aromatic carbocycles. The molecule has 0 aliphatic carbocycles. The summed E-state index contributed by atoms with van der Waals surface area (Å²) >= 11 is 0. The van der Waals surface area contributed by atoms with Crippen LogP contribution in [0, 0.1) is 33.5 Å². The quantitative estimate of drug-likeness (QED) is 0.268. The molecule has 196 valence electrons. The van der Waals surface area contributed by atoms with Gasteiger partial charge in [-0.3, -0.25) is 9.88 Å². The molecule has 2 aromatic heterocycles. The molecule has 0 atom stereocenters. The average Bonchev–Trinajstić information content (AvgIpc) is 3.05. The van der Waals surface area contributed by atoms with Crippen LogP contribution < -0.4 is 4.90 Å². The summed E-state index contributed by atoms with van der Waals surface area (Å²) in [6.07, 6.45) is 1.28. The number of aryl methyl sites for hydroxylation is 3. The van der Waals surface area contributed by atoms with Crippen LogP contribution in [-0.2, 0) is 17.8 Å². The molecule has 0 spiro atoms. The SMILES string of the molecule is Cc1ccc(C)c(Cn2c(C)c(C)c3ccnc(CN(C(=O)OC(C)(C)C)c4ccc(F)cc4)c32)c1.Cl. The van der Waals surface area contributed by atoms with Gasteiger partial charge >= 0.3 is 6.09 Å². The zero-order chi connectivity index (χ0) is 26.2. The topological polar surface area (TPSA) is 47.4 Å². The molecule has 4 rings (SSSR count). The van der Waals surface area contributed by atoms with Crippen LogP contribution >= 0.6 is 12.4 Å². The fraction of sp³-hybridized carbons (Fsp3) is 0.333. The number of carbonyl (C=O) groups excluding carboxylic acids is 1. The Kier molecular flexibility index (Phi) is 8.33. The maximum atomic E-state index is 13.7. The smallest absolute Gasteiger partial charge is 0.415 e. The Bertz CT molecular complexity index is 1420. The van der Waals surface area contributed by atoms with Crippen LogP contribution in [-0.4, -0.2) is 21.2 Å². The van der Waals surface area contributed by atoms with Crippen molar-refractivity contribution < 1.29 is 13.9 Å². The highest BCUT2D eigenvalue weighted by molar-refractivity contribution is 5.91. The number of nitrogens with zero attached hydrogens (tertiary/aromatic N) is 3. The van der Waals surface area contributed by atoms with E-state index in [1.165, 1.54) is 39.3 Å². The molecular weight excluding hydrogens is 489 g/mol. The fourth-order valence-corrected chi connectivity index (χ4v) is 4.47. The van der Waals surface area contributed by atoms with Gasteiger partial charge in [-0.15, -0.1) is 12.4 Å². The molecule has 37 heavy (non-hydrogen) atoms. The van der Waals surface area contributed by atoms with E-state index < -0.39 is 11.7 Å². The first-order valence-corrected chi connectivity index (χ1v) is 12.2. The Morgan fingerprint density at radius 2 is 1.70 bits per heavy atom. The van der Waals surface area contributed by atoms with Crippen molar-refractivity contribution in [1.29, 1.82) is 0 Å². The highest BCUT2D eigenvalue weighted by Crippen LogP contribution is 2.30. The zero-order valence-electron chi connectivity index (χ0n) is 22.6. The van der Waals surface area contributed by atoms with Crippen LogP contribution in [0.2, 0.25) is 0 Å². The average molecular weight is 524 g/mol. The maximum Gasteiger partial charge on any atom is 0.415 e. The number of carbonyl (C=O) groups is 1. The van der Waals surface area contributed by atoms with Crippen molar-refractivity contribution in [2.75, 3.05) is 4.90 Å². The summed E-state index contributed by atoms with van der Waals surface area (Å²) in [6, 6.07) is 14.4. The number of pyridine rings is 1. The molecule has 0 aliphatic heterocycles. The predicted octanol–water partition coefficient (Wildman–Crippen LogP) is 7.82. The van der Waals surface area contributed by atoms with Crippen molar-refractivity contribution in [2.45, 2.75) is 67.2 Å². The summed E-state index contributed by atoms with van der Waals surface area (Å²) in [5.41, 5.74) is 7.64. The van der Waals surface area contributed by atoms with E-state index in [0.29, 0.717) is 12.2 Å². The Hall–Kier alpha value is -3.38. The Labute approximate surface area is 224 Å². The molecule has 0 N–H and O–H groups in total. The van der Waals surface area contributed by atoms with Crippen LogP contribution in [0.5, 0.6) is 0 Å². The number of benzene rings is 2. The first kappa shape index (κ1) is 28.2. The number of halogens is 2. The summed E-state index contributed by atoms with van der Waals surface area (Å²) in [6.45, 7) is 14.8. The number of rotatable bonds is 5. The van der Waals surface area contributed by atoms with E-state index in [0.717, 1.165) is 22.3 Å². The third kappa shape index (κ3) is 6.13. The monoisotopic (exact) mass is 523 g/mol. The van der Waals surface area contributed by atoms with E-state index in [2.05, 4.69) is 50.5 Å². The Morgan fingerprint density at radius 3 is 2.35 bits per heavy atom. The molecule has 1 amide bonds. The molecule has 0 saturated heterocycles. The molecule has 0 saturated carbocycles. The van der Waals surface area contributed by atoms with Crippen LogP contribution in [0.1, 0.15) is 54.4 Å². The van der Waals surface area contributed by atoms with E-state index in [-0.39, 0.29) is 24.8 Å². The first-order chi connectivity index (χ1) is 16.9. The van der Waals surface area contributed by atoms with E-state index in [4.69, 9.17) is 9.72 Å². The standard InChI is InChI=1S/C30H34FN3O2.ClH/c1-19-8-9-20(2)23(16-19)17-33-22(4)21(3)26-14-15-32-27(28(26)33)18-34(29(35)36-30(5,6)7)25-12-10-24(31)11-13-25;/h8-16H,17-18H2,1-7H3;1H. The molecule has 0 fully saturated rings. The van der Waals surface area contributed by atoms with Crippen LogP contribution in [0.4, 0.5) is 14.9 Å². The third-order valence-electron chi connectivity index (χ3n) is 6.51. The molecule has 0 aliphatic rings. The summed E-state index contributed by atoms with van der Waals surface area (Å²) in [5, 5.41) is 1.10. The van der Waals surface area contributed by atoms with Crippen molar-refractivity contribution in [3.8, 4) is 0 Å². The minimum atomic E-state index is -0.676. The van der Waals surface area contributed by atoms with Crippen molar-refractivity contribution >= 4 is 35.1 Å². The lowest BCUT2D eigenvalue weighted by Crippen LogP contribution is -2.36. The first-order valence-electron chi connectivity index (χ1n) is 12.2. The lowest BCUT2D eigenvalue weighted by Gasteiger charge is -2.27. The van der Waals surface area contributed by atoms with Crippen LogP contribution in [0.25, 0.3) is 10.9 Å². The van der Waals surface area contributed by atoms with Crippen LogP contribution in [0.15, 0.2) is 54.7 Å². The van der Waals surface area contributed by atoms with E-state index in [1.54, 1.807) is 18.3 Å². The number of ether oxygens (including phenoxy) is 1. The number of aromatic nitrogens is 2. The molecule has 2 heterocycles. The van der Waals surface area contributed by atoms with E-state index in [1.807, 2.05) is 26.8 Å². The van der Waals surface area contributed by atoms with Gasteiger partial charge in [-0.1, -0.05) is 23.8 Å².